The summed E-state index contributed by atoms with van der Waals surface area (Å²) in [5.41, 5.74) is 1.72. The van der Waals surface area contributed by atoms with Crippen LogP contribution in [-0.4, -0.2) is 59.4 Å². The number of carbonyl (C=O) groups excluding carboxylic acids is 1. The number of anilines is 3. The summed E-state index contributed by atoms with van der Waals surface area (Å²) in [6, 6.07) is 3.75. The molecule has 0 unspecified atom stereocenters. The van der Waals surface area contributed by atoms with E-state index in [-0.39, 0.29) is 18.0 Å². The number of pyridine rings is 1. The number of carbonyl (C=O) groups is 1. The number of rotatable bonds is 3. The van der Waals surface area contributed by atoms with E-state index in [1.165, 1.54) is 0 Å². The van der Waals surface area contributed by atoms with E-state index >= 15 is 0 Å². The zero-order valence-corrected chi connectivity index (χ0v) is 18.3. The molecule has 3 aliphatic rings. The molecule has 0 bridgehead atoms. The minimum Gasteiger partial charge on any atom is -0.381 e. The molecule has 4 rings (SSSR count). The van der Waals surface area contributed by atoms with Crippen LogP contribution in [0, 0.1) is 0 Å². The fourth-order valence-corrected chi connectivity index (χ4v) is 4.89. The third-order valence-electron chi connectivity index (χ3n) is 5.77. The Hall–Kier alpha value is -2.65. The van der Waals surface area contributed by atoms with Crippen LogP contribution in [0.15, 0.2) is 40.4 Å². The summed E-state index contributed by atoms with van der Waals surface area (Å²) in [4.78, 5) is 22.3. The maximum absolute atomic E-state index is 12.8. The molecule has 2 aliphatic heterocycles. The van der Waals surface area contributed by atoms with E-state index in [2.05, 4.69) is 14.6 Å². The number of allylic oxidation sites excluding steroid dienone is 4. The Morgan fingerprint density at radius 3 is 2.80 bits per heavy atom. The van der Waals surface area contributed by atoms with Crippen LogP contribution in [0.4, 0.5) is 17.3 Å². The van der Waals surface area contributed by atoms with Gasteiger partial charge in [0.2, 0.25) is 5.91 Å². The number of amides is 1. The molecular weight excluding hydrogens is 402 g/mol. The Bertz CT molecular complexity index is 1060. The second-order valence-corrected chi connectivity index (χ2v) is 9.00. The normalized spacial score (nSPS) is 22.0. The molecular formula is C21H27N5O3S. The predicted molar refractivity (Wildman–Crippen MR) is 120 cm³/mol. The number of hydrogen-bond acceptors (Lipinski definition) is 7. The van der Waals surface area contributed by atoms with Gasteiger partial charge in [0.1, 0.15) is 11.9 Å². The molecule has 160 valence electrons. The van der Waals surface area contributed by atoms with Crippen LogP contribution in [0.3, 0.4) is 0 Å². The Morgan fingerprint density at radius 2 is 2.07 bits per heavy atom. The van der Waals surface area contributed by atoms with Gasteiger partial charge in [-0.3, -0.25) is 4.79 Å². The van der Waals surface area contributed by atoms with Gasteiger partial charge in [0, 0.05) is 45.5 Å². The molecule has 0 spiro atoms. The van der Waals surface area contributed by atoms with Crippen LogP contribution in [0.2, 0.25) is 0 Å². The summed E-state index contributed by atoms with van der Waals surface area (Å²) in [5.74, 6) is 1.58. The fourth-order valence-electron chi connectivity index (χ4n) is 4.18. The first-order valence-electron chi connectivity index (χ1n) is 10.2. The fraction of sp³-hybridized carbons (Fsp3) is 0.476. The van der Waals surface area contributed by atoms with E-state index in [0.717, 1.165) is 34.9 Å². The van der Waals surface area contributed by atoms with Crippen LogP contribution in [0.5, 0.6) is 0 Å². The maximum atomic E-state index is 12.8. The molecule has 9 heteroatoms. The molecule has 1 aromatic rings. The van der Waals surface area contributed by atoms with E-state index in [1.54, 1.807) is 19.0 Å². The summed E-state index contributed by atoms with van der Waals surface area (Å²) >= 11 is 0. The molecule has 1 aliphatic carbocycles. The van der Waals surface area contributed by atoms with Gasteiger partial charge >= 0.3 is 0 Å². The molecule has 1 amide bonds. The number of likely N-dealkylation sites (N-methyl/N-ethyl adjacent to an activating group) is 1. The van der Waals surface area contributed by atoms with Crippen molar-refractivity contribution in [1.82, 2.24) is 4.98 Å². The zero-order chi connectivity index (χ0) is 21.3. The van der Waals surface area contributed by atoms with Crippen LogP contribution in [-0.2, 0) is 19.7 Å². The number of aromatic nitrogens is 1. The molecule has 1 saturated heterocycles. The van der Waals surface area contributed by atoms with Gasteiger partial charge in [0.05, 0.1) is 20.7 Å². The van der Waals surface area contributed by atoms with E-state index < -0.39 is 10.2 Å². The Balaban J connectivity index is 1.66. The summed E-state index contributed by atoms with van der Waals surface area (Å²) in [7, 11) is 2.02. The van der Waals surface area contributed by atoms with Gasteiger partial charge in [-0.25, -0.2) is 13.6 Å². The lowest BCUT2D eigenvalue weighted by Gasteiger charge is -2.44. The number of hydrogen-bond donors (Lipinski definition) is 1. The molecule has 1 aromatic heterocycles. The molecule has 1 fully saturated rings. The van der Waals surface area contributed by atoms with Crippen molar-refractivity contribution in [2.75, 3.05) is 42.4 Å². The van der Waals surface area contributed by atoms with Gasteiger partial charge < -0.3 is 19.9 Å². The van der Waals surface area contributed by atoms with Crippen LogP contribution in [0.25, 0.3) is 0 Å². The lowest BCUT2D eigenvalue weighted by Crippen LogP contribution is -2.56. The average molecular weight is 430 g/mol. The van der Waals surface area contributed by atoms with Crippen molar-refractivity contribution >= 4 is 38.3 Å². The highest BCUT2D eigenvalue weighted by Gasteiger charge is 2.39. The van der Waals surface area contributed by atoms with Crippen LogP contribution >= 0.6 is 0 Å². The molecule has 0 radical (unpaired) electrons. The largest absolute Gasteiger partial charge is 0.381 e. The van der Waals surface area contributed by atoms with E-state index in [4.69, 9.17) is 9.72 Å². The monoisotopic (exact) mass is 429 g/mol. The first-order chi connectivity index (χ1) is 14.5. The molecule has 0 saturated carbocycles. The van der Waals surface area contributed by atoms with Crippen molar-refractivity contribution in [2.24, 2.45) is 4.36 Å². The highest BCUT2D eigenvalue weighted by molar-refractivity contribution is 7.75. The molecule has 1 atom stereocenters. The Kier molecular flexibility index (Phi) is 5.92. The quantitative estimate of drug-likeness (QED) is 0.743. The summed E-state index contributed by atoms with van der Waals surface area (Å²) < 4.78 is 21.4. The van der Waals surface area contributed by atoms with Gasteiger partial charge in [-0.15, -0.1) is 0 Å². The second kappa shape index (κ2) is 8.61. The third kappa shape index (κ3) is 3.87. The van der Waals surface area contributed by atoms with Crippen molar-refractivity contribution in [3.05, 3.63) is 36.1 Å². The molecule has 30 heavy (non-hydrogen) atoms. The van der Waals surface area contributed by atoms with Gasteiger partial charge in [0.15, 0.2) is 5.82 Å². The lowest BCUT2D eigenvalue weighted by molar-refractivity contribution is -0.119. The Labute approximate surface area is 178 Å². The van der Waals surface area contributed by atoms with Crippen molar-refractivity contribution in [3.8, 4) is 0 Å². The standard InChI is InChI=1S/C21H27N5O3S/c1-14-21(27)25(3)18-7-8-19(23-15-5-4-6-17(13-15)30(28)22-2)24-20(18)26(14)16-9-11-29-12-10-16/h4-8,14,16H,9-13H2,1-3H3,(H,23,24)/t14-/m1/s1. The highest BCUT2D eigenvalue weighted by atomic mass is 32.2. The van der Waals surface area contributed by atoms with E-state index in [9.17, 15) is 9.00 Å². The number of nitrogens with zero attached hydrogens (tertiary/aromatic N) is 4. The average Bonchev–Trinajstić information content (AvgIpc) is 2.78. The molecule has 1 N–H and O–H groups in total. The van der Waals surface area contributed by atoms with Crippen LogP contribution in [0.1, 0.15) is 26.2 Å². The zero-order valence-electron chi connectivity index (χ0n) is 17.5. The second-order valence-electron chi connectivity index (χ2n) is 7.61. The smallest absolute Gasteiger partial charge is 0.249 e. The van der Waals surface area contributed by atoms with Crippen LogP contribution < -0.4 is 15.1 Å². The molecule has 8 nitrogen and oxygen atoms in total. The first kappa shape index (κ1) is 20.6. The van der Waals surface area contributed by atoms with Gasteiger partial charge in [0.25, 0.3) is 0 Å². The molecule has 3 heterocycles. The van der Waals surface area contributed by atoms with Gasteiger partial charge in [-0.2, -0.15) is 0 Å². The van der Waals surface area contributed by atoms with Gasteiger partial charge in [-0.05, 0) is 44.1 Å². The predicted octanol–water partition coefficient (Wildman–Crippen LogP) is 2.42. The summed E-state index contributed by atoms with van der Waals surface area (Å²) in [6.45, 7) is 3.34. The van der Waals surface area contributed by atoms with E-state index in [1.807, 2.05) is 37.3 Å². The Morgan fingerprint density at radius 1 is 1.30 bits per heavy atom. The minimum atomic E-state index is -1.33. The van der Waals surface area contributed by atoms with Crippen molar-refractivity contribution in [3.63, 3.8) is 0 Å². The van der Waals surface area contributed by atoms with Crippen molar-refractivity contribution < 1.29 is 13.7 Å². The lowest BCUT2D eigenvalue weighted by atomic mass is 10.0. The number of fused-ring (bicyclic) bond motifs is 1. The molecule has 0 aromatic carbocycles. The SMILES string of the molecule is CN=S(=O)=C1C=CC=C(Nc2ccc3c(n2)N(C2CCOCC2)[C@H](C)C(=O)N3C)C1. The van der Waals surface area contributed by atoms with Crippen molar-refractivity contribution in [2.45, 2.75) is 38.3 Å². The number of ether oxygens (including phenoxy) is 1. The number of nitrogens with one attached hydrogen (secondary N) is 1. The first-order valence-corrected chi connectivity index (χ1v) is 11.3. The third-order valence-corrected chi connectivity index (χ3v) is 6.83. The minimum absolute atomic E-state index is 0.0710. The summed E-state index contributed by atoms with van der Waals surface area (Å²) in [5, 5.41) is 3.35. The van der Waals surface area contributed by atoms with Gasteiger partial charge in [-0.1, -0.05) is 6.08 Å². The summed E-state index contributed by atoms with van der Waals surface area (Å²) in [6.07, 6.45) is 7.93. The maximum Gasteiger partial charge on any atom is 0.249 e. The van der Waals surface area contributed by atoms with Crippen molar-refractivity contribution in [1.29, 1.82) is 0 Å². The highest BCUT2D eigenvalue weighted by Crippen LogP contribution is 2.38. The van der Waals surface area contributed by atoms with E-state index in [0.29, 0.717) is 25.5 Å². The topological polar surface area (TPSA) is 87.1 Å².